The Kier molecular flexibility index (Phi) is 6.01. The molecule has 0 radical (unpaired) electrons. The molecule has 3 rings (SSSR count). The first kappa shape index (κ1) is 19.0. The van der Waals surface area contributed by atoms with Gasteiger partial charge in [-0.25, -0.2) is 4.98 Å². The van der Waals surface area contributed by atoms with Crippen LogP contribution in [0.15, 0.2) is 12.1 Å². The van der Waals surface area contributed by atoms with E-state index in [0.29, 0.717) is 5.56 Å². The highest BCUT2D eigenvalue weighted by Gasteiger charge is 2.29. The van der Waals surface area contributed by atoms with Gasteiger partial charge in [-0.15, -0.1) is 0 Å². The quantitative estimate of drug-likeness (QED) is 0.596. The van der Waals surface area contributed by atoms with E-state index in [9.17, 15) is 9.59 Å². The van der Waals surface area contributed by atoms with Crippen LogP contribution in [0.1, 0.15) is 36.0 Å². The van der Waals surface area contributed by atoms with Crippen molar-refractivity contribution in [2.45, 2.75) is 25.7 Å². The van der Waals surface area contributed by atoms with Crippen LogP contribution in [0.25, 0.3) is 0 Å². The number of rotatable bonds is 4. The minimum Gasteiger partial charge on any atom is -0.357 e. The zero-order valence-electron chi connectivity index (χ0n) is 15.5. The van der Waals surface area contributed by atoms with Gasteiger partial charge >= 0.3 is 0 Å². The van der Waals surface area contributed by atoms with Gasteiger partial charge in [0.15, 0.2) is 0 Å². The highest BCUT2D eigenvalue weighted by molar-refractivity contribution is 6.32. The van der Waals surface area contributed by atoms with Crippen LogP contribution in [0.5, 0.6) is 0 Å². The Labute approximate surface area is 160 Å². The second-order valence-corrected chi connectivity index (χ2v) is 7.87. The average Bonchev–Trinajstić information content (AvgIpc) is 2.67. The van der Waals surface area contributed by atoms with E-state index in [1.165, 1.54) is 4.90 Å². The first-order valence-corrected chi connectivity index (χ1v) is 9.70. The van der Waals surface area contributed by atoms with E-state index in [1.807, 2.05) is 11.0 Å². The number of halogens is 1. The molecule has 2 saturated heterocycles. The van der Waals surface area contributed by atoms with E-state index in [4.69, 9.17) is 11.6 Å². The Bertz CT molecular complexity index is 651. The summed E-state index contributed by atoms with van der Waals surface area (Å²) in [5, 5.41) is 0.268. The molecule has 26 heavy (non-hydrogen) atoms. The molecule has 2 aliphatic heterocycles. The van der Waals surface area contributed by atoms with Gasteiger partial charge in [0.2, 0.25) is 6.41 Å². The minimum atomic E-state index is -0.130. The van der Waals surface area contributed by atoms with Crippen LogP contribution in [0.2, 0.25) is 5.15 Å². The normalized spacial score (nSPS) is 19.5. The van der Waals surface area contributed by atoms with Crippen molar-refractivity contribution >= 4 is 29.7 Å². The molecule has 7 heteroatoms. The molecular weight excluding hydrogens is 352 g/mol. The Hall–Kier alpha value is -1.82. The van der Waals surface area contributed by atoms with Crippen molar-refractivity contribution < 1.29 is 9.59 Å². The summed E-state index contributed by atoms with van der Waals surface area (Å²) in [6.07, 6.45) is 5.50. The van der Waals surface area contributed by atoms with Crippen LogP contribution < -0.4 is 4.90 Å². The molecular formula is C19H27ClN4O2. The van der Waals surface area contributed by atoms with Crippen molar-refractivity contribution in [2.24, 2.45) is 11.8 Å². The van der Waals surface area contributed by atoms with E-state index >= 15 is 0 Å². The van der Waals surface area contributed by atoms with Gasteiger partial charge in [0.25, 0.3) is 5.91 Å². The summed E-state index contributed by atoms with van der Waals surface area (Å²) in [5.74, 6) is 2.17. The number of hydrogen-bond donors (Lipinski definition) is 0. The van der Waals surface area contributed by atoms with Crippen molar-refractivity contribution in [1.82, 2.24) is 14.8 Å². The third-order valence-corrected chi connectivity index (χ3v) is 6.01. The Balaban J connectivity index is 1.57. The summed E-state index contributed by atoms with van der Waals surface area (Å²) in [5.41, 5.74) is 0.442. The monoisotopic (exact) mass is 378 g/mol. The molecule has 0 unspecified atom stereocenters. The van der Waals surface area contributed by atoms with Gasteiger partial charge in [0.05, 0.1) is 5.56 Å². The molecule has 0 bridgehead atoms. The molecule has 2 amide bonds. The fourth-order valence-electron chi connectivity index (χ4n) is 4.10. The number of piperidine rings is 2. The lowest BCUT2D eigenvalue weighted by Crippen LogP contribution is -2.40. The third kappa shape index (κ3) is 4.11. The minimum absolute atomic E-state index is 0.130. The highest BCUT2D eigenvalue weighted by atomic mass is 35.5. The van der Waals surface area contributed by atoms with E-state index in [2.05, 4.69) is 9.88 Å². The van der Waals surface area contributed by atoms with Crippen LogP contribution in [0, 0.1) is 11.8 Å². The van der Waals surface area contributed by atoms with E-state index < -0.39 is 0 Å². The van der Waals surface area contributed by atoms with E-state index in [0.717, 1.165) is 75.9 Å². The number of pyridine rings is 1. The number of aromatic nitrogens is 1. The standard InChI is InChI=1S/C19H27ClN4O2/c1-22(2)19(26)16-3-4-17(21-18(16)20)24-11-7-15(8-12-24)14-5-9-23(13-25)10-6-14/h3-4,13-15H,5-12H2,1-2H3. The predicted molar refractivity (Wildman–Crippen MR) is 103 cm³/mol. The maximum absolute atomic E-state index is 12.1. The topological polar surface area (TPSA) is 56.8 Å². The molecule has 1 aromatic rings. The molecule has 2 aliphatic rings. The van der Waals surface area contributed by atoms with Gasteiger partial charge in [0.1, 0.15) is 11.0 Å². The number of anilines is 1. The molecule has 0 saturated carbocycles. The van der Waals surface area contributed by atoms with Gasteiger partial charge in [-0.3, -0.25) is 9.59 Å². The van der Waals surface area contributed by atoms with Crippen LogP contribution >= 0.6 is 11.6 Å². The number of carbonyl (C=O) groups excluding carboxylic acids is 2. The average molecular weight is 379 g/mol. The van der Waals surface area contributed by atoms with Crippen LogP contribution in [-0.2, 0) is 4.79 Å². The van der Waals surface area contributed by atoms with Gasteiger partial charge in [-0.05, 0) is 49.7 Å². The number of likely N-dealkylation sites (tertiary alicyclic amines) is 1. The number of nitrogens with zero attached hydrogens (tertiary/aromatic N) is 4. The molecule has 6 nitrogen and oxygen atoms in total. The zero-order valence-corrected chi connectivity index (χ0v) is 16.3. The summed E-state index contributed by atoms with van der Waals surface area (Å²) in [6, 6.07) is 3.67. The molecule has 0 spiro atoms. The van der Waals surface area contributed by atoms with E-state index in [1.54, 1.807) is 20.2 Å². The van der Waals surface area contributed by atoms with Crippen LogP contribution in [0.3, 0.4) is 0 Å². The van der Waals surface area contributed by atoms with Crippen LogP contribution in [-0.4, -0.2) is 67.4 Å². The van der Waals surface area contributed by atoms with E-state index in [-0.39, 0.29) is 11.1 Å². The smallest absolute Gasteiger partial charge is 0.256 e. The summed E-state index contributed by atoms with van der Waals surface area (Å²) in [6.45, 7) is 3.71. The summed E-state index contributed by atoms with van der Waals surface area (Å²) in [4.78, 5) is 33.0. The number of hydrogen-bond acceptors (Lipinski definition) is 4. The van der Waals surface area contributed by atoms with Crippen molar-refractivity contribution in [3.63, 3.8) is 0 Å². The first-order valence-electron chi connectivity index (χ1n) is 9.32. The fraction of sp³-hybridized carbons (Fsp3) is 0.632. The lowest BCUT2D eigenvalue weighted by atomic mass is 9.79. The first-order chi connectivity index (χ1) is 12.5. The van der Waals surface area contributed by atoms with Gasteiger partial charge < -0.3 is 14.7 Å². The Morgan fingerprint density at radius 3 is 2.19 bits per heavy atom. The molecule has 1 aromatic heterocycles. The third-order valence-electron chi connectivity index (χ3n) is 5.72. The Morgan fingerprint density at radius 2 is 1.69 bits per heavy atom. The fourth-order valence-corrected chi connectivity index (χ4v) is 4.33. The largest absolute Gasteiger partial charge is 0.357 e. The highest BCUT2D eigenvalue weighted by Crippen LogP contribution is 2.33. The van der Waals surface area contributed by atoms with Crippen molar-refractivity contribution in [3.05, 3.63) is 22.8 Å². The molecule has 0 aromatic carbocycles. The summed E-state index contributed by atoms with van der Waals surface area (Å²) >= 11 is 6.25. The molecule has 2 fully saturated rings. The van der Waals surface area contributed by atoms with Crippen molar-refractivity contribution in [2.75, 3.05) is 45.2 Å². The van der Waals surface area contributed by atoms with Gasteiger partial charge in [-0.1, -0.05) is 11.6 Å². The second kappa shape index (κ2) is 8.25. The summed E-state index contributed by atoms with van der Waals surface area (Å²) in [7, 11) is 3.41. The second-order valence-electron chi connectivity index (χ2n) is 7.51. The lowest BCUT2D eigenvalue weighted by Gasteiger charge is -2.39. The molecule has 142 valence electrons. The van der Waals surface area contributed by atoms with Gasteiger partial charge in [0, 0.05) is 40.3 Å². The van der Waals surface area contributed by atoms with Crippen LogP contribution in [0.4, 0.5) is 5.82 Å². The molecule has 0 atom stereocenters. The van der Waals surface area contributed by atoms with Gasteiger partial charge in [-0.2, -0.15) is 0 Å². The zero-order chi connectivity index (χ0) is 18.7. The molecule has 3 heterocycles. The maximum atomic E-state index is 12.1. The Morgan fingerprint density at radius 1 is 1.12 bits per heavy atom. The van der Waals surface area contributed by atoms with Crippen molar-refractivity contribution in [3.8, 4) is 0 Å². The summed E-state index contributed by atoms with van der Waals surface area (Å²) < 4.78 is 0. The number of amides is 2. The maximum Gasteiger partial charge on any atom is 0.256 e. The predicted octanol–water partition coefficient (Wildman–Crippen LogP) is 2.52. The number of carbonyl (C=O) groups is 2. The molecule has 0 aliphatic carbocycles. The molecule has 0 N–H and O–H groups in total. The SMILES string of the molecule is CN(C)C(=O)c1ccc(N2CCC(C3CCN(C=O)CC3)CC2)nc1Cl. The lowest BCUT2D eigenvalue weighted by molar-refractivity contribution is -0.119. The van der Waals surface area contributed by atoms with Crippen molar-refractivity contribution in [1.29, 1.82) is 0 Å².